The normalized spacial score (nSPS) is 17.1. The van der Waals surface area contributed by atoms with Crippen molar-refractivity contribution in [2.24, 2.45) is 4.99 Å². The molecule has 202 valence electrons. The van der Waals surface area contributed by atoms with E-state index in [-0.39, 0.29) is 11.5 Å². The maximum Gasteiger partial charge on any atom is 0.271 e. The Balaban J connectivity index is 1.44. The quantitative estimate of drug-likeness (QED) is 0.349. The predicted octanol–water partition coefficient (Wildman–Crippen LogP) is 5.44. The van der Waals surface area contributed by atoms with E-state index < -0.39 is 6.04 Å². The predicted molar refractivity (Wildman–Crippen MR) is 163 cm³/mol. The van der Waals surface area contributed by atoms with Crippen molar-refractivity contribution in [2.75, 3.05) is 23.3 Å². The summed E-state index contributed by atoms with van der Waals surface area (Å²) < 4.78 is 2.21. The number of fused-ring (bicyclic) bond motifs is 1. The molecule has 1 amide bonds. The molecule has 0 spiro atoms. The zero-order valence-corrected chi connectivity index (χ0v) is 23.9. The molecule has 0 radical (unpaired) electrons. The zero-order chi connectivity index (χ0) is 27.8. The molecule has 0 unspecified atom stereocenters. The number of amides is 1. The van der Waals surface area contributed by atoms with E-state index >= 15 is 0 Å². The van der Waals surface area contributed by atoms with Crippen molar-refractivity contribution in [3.8, 4) is 0 Å². The van der Waals surface area contributed by atoms with Gasteiger partial charge in [-0.05, 0) is 85.9 Å². The number of para-hydroxylation sites is 1. The first kappa shape index (κ1) is 26.3. The number of aromatic nitrogens is 1. The fourth-order valence-corrected chi connectivity index (χ4v) is 6.70. The number of thiazole rings is 1. The molecular formula is C32H29ClN4O2S. The van der Waals surface area contributed by atoms with Gasteiger partial charge in [0.25, 0.3) is 11.5 Å². The van der Waals surface area contributed by atoms with Crippen molar-refractivity contribution < 1.29 is 4.79 Å². The summed E-state index contributed by atoms with van der Waals surface area (Å²) in [7, 11) is 0. The molecule has 1 saturated heterocycles. The molecule has 3 heterocycles. The lowest BCUT2D eigenvalue weighted by Crippen LogP contribution is -2.40. The second-order valence-corrected chi connectivity index (χ2v) is 11.6. The molecule has 4 aromatic rings. The van der Waals surface area contributed by atoms with Crippen LogP contribution in [0.2, 0.25) is 5.02 Å². The molecule has 1 fully saturated rings. The third kappa shape index (κ3) is 5.03. The summed E-state index contributed by atoms with van der Waals surface area (Å²) in [5.41, 5.74) is 5.70. The molecule has 0 aliphatic carbocycles. The van der Waals surface area contributed by atoms with Crippen molar-refractivity contribution in [3.05, 3.63) is 125 Å². The Kier molecular flexibility index (Phi) is 7.17. The minimum Gasteiger partial charge on any atom is -0.371 e. The summed E-state index contributed by atoms with van der Waals surface area (Å²) in [6.45, 7) is 6.11. The summed E-state index contributed by atoms with van der Waals surface area (Å²) in [6.07, 6.45) is 4.37. The Hall–Kier alpha value is -3.94. The summed E-state index contributed by atoms with van der Waals surface area (Å²) in [4.78, 5) is 35.3. The molecule has 0 saturated carbocycles. The molecule has 2 aliphatic heterocycles. The van der Waals surface area contributed by atoms with Crippen LogP contribution in [0.5, 0.6) is 0 Å². The standard InChI is InChI=1S/C32H29ClN4O2S/c1-20-18-22(10-15-26(20)36-16-6-7-17-36)19-27-31(39)37-29(23-11-13-24(33)14-12-23)28(21(2)34-32(37)40-27)30(38)35-25-8-4-3-5-9-25/h3-5,8-15,18-19,29H,6-7,16-17H2,1-2H3,(H,35,38)/b27-19+/t29-/m0/s1. The molecule has 1 atom stereocenters. The van der Waals surface area contributed by atoms with Crippen LogP contribution < -0.4 is 25.1 Å². The van der Waals surface area contributed by atoms with Crippen LogP contribution in [0.3, 0.4) is 0 Å². The molecule has 1 N–H and O–H groups in total. The van der Waals surface area contributed by atoms with E-state index in [0.717, 1.165) is 24.2 Å². The van der Waals surface area contributed by atoms with Gasteiger partial charge in [0.1, 0.15) is 0 Å². The molecule has 0 bridgehead atoms. The van der Waals surface area contributed by atoms with E-state index in [4.69, 9.17) is 16.6 Å². The number of carbonyl (C=O) groups is 1. The van der Waals surface area contributed by atoms with Crippen LogP contribution in [0.25, 0.3) is 6.08 Å². The Morgan fingerprint density at radius 2 is 1.75 bits per heavy atom. The number of hydrogen-bond acceptors (Lipinski definition) is 5. The molecule has 8 heteroatoms. The number of hydrogen-bond donors (Lipinski definition) is 1. The first-order valence-electron chi connectivity index (χ1n) is 13.4. The van der Waals surface area contributed by atoms with Gasteiger partial charge in [0.15, 0.2) is 4.80 Å². The summed E-state index contributed by atoms with van der Waals surface area (Å²) in [5.74, 6) is -0.296. The number of benzene rings is 3. The number of nitrogens with one attached hydrogen (secondary N) is 1. The van der Waals surface area contributed by atoms with E-state index in [1.807, 2.05) is 55.5 Å². The van der Waals surface area contributed by atoms with Crippen LogP contribution in [0.1, 0.15) is 42.5 Å². The lowest BCUT2D eigenvalue weighted by molar-refractivity contribution is -0.113. The third-order valence-corrected chi connectivity index (χ3v) is 8.68. The highest BCUT2D eigenvalue weighted by Gasteiger charge is 2.32. The highest BCUT2D eigenvalue weighted by molar-refractivity contribution is 7.07. The largest absolute Gasteiger partial charge is 0.371 e. The number of aryl methyl sites for hydroxylation is 1. The Labute approximate surface area is 241 Å². The monoisotopic (exact) mass is 568 g/mol. The van der Waals surface area contributed by atoms with Crippen molar-refractivity contribution in [3.63, 3.8) is 0 Å². The van der Waals surface area contributed by atoms with E-state index in [1.54, 1.807) is 16.7 Å². The first-order valence-corrected chi connectivity index (χ1v) is 14.6. The van der Waals surface area contributed by atoms with Crippen molar-refractivity contribution in [2.45, 2.75) is 32.7 Å². The van der Waals surface area contributed by atoms with Crippen LogP contribution in [-0.4, -0.2) is 23.6 Å². The maximum absolute atomic E-state index is 14.0. The molecule has 1 aromatic heterocycles. The molecular weight excluding hydrogens is 540 g/mol. The molecule has 2 aliphatic rings. The number of allylic oxidation sites excluding steroid dienone is 1. The summed E-state index contributed by atoms with van der Waals surface area (Å²) >= 11 is 7.53. The van der Waals surface area contributed by atoms with Gasteiger partial charge in [-0.25, -0.2) is 4.99 Å². The highest BCUT2D eigenvalue weighted by atomic mass is 35.5. The van der Waals surface area contributed by atoms with Crippen molar-refractivity contribution in [1.82, 2.24) is 4.57 Å². The fourth-order valence-electron chi connectivity index (χ4n) is 5.52. The second kappa shape index (κ2) is 10.9. The van der Waals surface area contributed by atoms with Crippen molar-refractivity contribution >= 4 is 46.3 Å². The zero-order valence-electron chi connectivity index (χ0n) is 22.4. The van der Waals surface area contributed by atoms with Gasteiger partial charge in [-0.15, -0.1) is 0 Å². The maximum atomic E-state index is 14.0. The van der Waals surface area contributed by atoms with Crippen LogP contribution in [-0.2, 0) is 4.79 Å². The SMILES string of the molecule is CC1=C(C(=O)Nc2ccccc2)[C@H](c2ccc(Cl)cc2)n2c(s/c(=C/c3ccc(N4CCCC4)c(C)c3)c2=O)=N1. The number of rotatable bonds is 5. The van der Waals surface area contributed by atoms with Crippen molar-refractivity contribution in [1.29, 1.82) is 0 Å². The highest BCUT2D eigenvalue weighted by Crippen LogP contribution is 2.31. The van der Waals surface area contributed by atoms with Gasteiger partial charge in [-0.1, -0.05) is 59.3 Å². The van der Waals surface area contributed by atoms with Crippen LogP contribution >= 0.6 is 22.9 Å². The van der Waals surface area contributed by atoms with E-state index in [1.165, 1.54) is 35.4 Å². The second-order valence-electron chi connectivity index (χ2n) is 10.2. The minimum atomic E-state index is -0.640. The van der Waals surface area contributed by atoms with Gasteiger partial charge < -0.3 is 10.2 Å². The van der Waals surface area contributed by atoms with Gasteiger partial charge in [0.05, 0.1) is 21.8 Å². The van der Waals surface area contributed by atoms with Crippen LogP contribution in [0, 0.1) is 6.92 Å². The summed E-state index contributed by atoms with van der Waals surface area (Å²) in [6, 6.07) is 22.3. The number of anilines is 2. The third-order valence-electron chi connectivity index (χ3n) is 7.45. The molecule has 3 aromatic carbocycles. The van der Waals surface area contributed by atoms with E-state index in [0.29, 0.717) is 31.3 Å². The number of carbonyl (C=O) groups excluding carboxylic acids is 1. The van der Waals surface area contributed by atoms with Gasteiger partial charge in [-0.2, -0.15) is 0 Å². The smallest absolute Gasteiger partial charge is 0.271 e. The van der Waals surface area contributed by atoms with Gasteiger partial charge in [0.2, 0.25) is 0 Å². The number of halogens is 1. The topological polar surface area (TPSA) is 66.7 Å². The average Bonchev–Trinajstić information content (AvgIpc) is 3.57. The number of nitrogens with zero attached hydrogens (tertiary/aromatic N) is 3. The Bertz CT molecular complexity index is 1800. The van der Waals surface area contributed by atoms with E-state index in [2.05, 4.69) is 35.3 Å². The summed E-state index contributed by atoms with van der Waals surface area (Å²) in [5, 5.41) is 3.56. The van der Waals surface area contributed by atoms with Crippen LogP contribution in [0.4, 0.5) is 11.4 Å². The molecule has 6 rings (SSSR count). The first-order chi connectivity index (χ1) is 19.4. The lowest BCUT2D eigenvalue weighted by Gasteiger charge is -2.25. The van der Waals surface area contributed by atoms with Gasteiger partial charge in [0, 0.05) is 29.5 Å². The van der Waals surface area contributed by atoms with Gasteiger partial charge >= 0.3 is 0 Å². The Morgan fingerprint density at radius 3 is 2.45 bits per heavy atom. The lowest BCUT2D eigenvalue weighted by atomic mass is 9.95. The fraction of sp³-hybridized carbons (Fsp3) is 0.219. The van der Waals surface area contributed by atoms with Crippen LogP contribution in [0.15, 0.2) is 93.9 Å². The minimum absolute atomic E-state index is 0.178. The average molecular weight is 569 g/mol. The van der Waals surface area contributed by atoms with E-state index in [9.17, 15) is 9.59 Å². The molecule has 6 nitrogen and oxygen atoms in total. The Morgan fingerprint density at radius 1 is 1.02 bits per heavy atom. The van der Waals surface area contributed by atoms with Gasteiger partial charge in [-0.3, -0.25) is 14.2 Å². The molecule has 40 heavy (non-hydrogen) atoms.